The highest BCUT2D eigenvalue weighted by Gasteiger charge is 2.21. The van der Waals surface area contributed by atoms with Crippen LogP contribution in [0.2, 0.25) is 0 Å². The molecule has 5 heteroatoms. The van der Waals surface area contributed by atoms with Crippen LogP contribution in [0.3, 0.4) is 0 Å². The second kappa shape index (κ2) is 12.7. The zero-order chi connectivity index (χ0) is 15.2. The van der Waals surface area contributed by atoms with Crippen LogP contribution in [0.1, 0.15) is 51.9 Å². The molecule has 0 fully saturated rings. The summed E-state index contributed by atoms with van der Waals surface area (Å²) < 4.78 is 4.94. The highest BCUT2D eigenvalue weighted by molar-refractivity contribution is 5.79. The Hall–Kier alpha value is -1.36. The van der Waals surface area contributed by atoms with E-state index < -0.39 is 17.9 Å². The van der Waals surface area contributed by atoms with Crippen LogP contribution in [0.4, 0.5) is 0 Å². The van der Waals surface area contributed by atoms with Crippen molar-refractivity contribution in [2.75, 3.05) is 13.2 Å². The lowest BCUT2D eigenvalue weighted by Gasteiger charge is -2.12. The van der Waals surface area contributed by atoms with E-state index in [0.29, 0.717) is 12.8 Å². The predicted molar refractivity (Wildman–Crippen MR) is 76.3 cm³/mol. The van der Waals surface area contributed by atoms with Crippen molar-refractivity contribution in [3.8, 4) is 0 Å². The minimum atomic E-state index is -1.01. The van der Waals surface area contributed by atoms with Gasteiger partial charge in [-0.2, -0.15) is 0 Å². The van der Waals surface area contributed by atoms with Crippen LogP contribution in [-0.4, -0.2) is 35.4 Å². The van der Waals surface area contributed by atoms with Gasteiger partial charge in [0.15, 0.2) is 0 Å². The molecule has 0 spiro atoms. The van der Waals surface area contributed by atoms with Gasteiger partial charge in [0.05, 0.1) is 18.9 Å². The molecule has 0 aliphatic carbocycles. The molecule has 0 bridgehead atoms. The third kappa shape index (κ3) is 10.6. The van der Waals surface area contributed by atoms with Gasteiger partial charge in [0.1, 0.15) is 0 Å². The van der Waals surface area contributed by atoms with Gasteiger partial charge in [-0.25, -0.2) is 0 Å². The molecule has 0 saturated carbocycles. The van der Waals surface area contributed by atoms with Gasteiger partial charge in [-0.15, -0.1) is 0 Å². The second-order valence-electron chi connectivity index (χ2n) is 4.74. The van der Waals surface area contributed by atoms with Gasteiger partial charge in [-0.05, 0) is 19.3 Å². The number of carbonyl (C=O) groups is 2. The van der Waals surface area contributed by atoms with Crippen molar-refractivity contribution >= 4 is 11.9 Å². The Morgan fingerprint density at radius 1 is 1.20 bits per heavy atom. The molecule has 0 rings (SSSR count). The largest absolute Gasteiger partial charge is 0.481 e. The van der Waals surface area contributed by atoms with Gasteiger partial charge in [-0.1, -0.05) is 31.9 Å². The SMILES string of the molecule is CCCCC/C=C\CC(CC(=O)O)C(=O)OCCCO. The number of rotatable bonds is 12. The zero-order valence-corrected chi connectivity index (χ0v) is 12.2. The number of hydrogen-bond acceptors (Lipinski definition) is 4. The number of carboxylic acid groups (broad SMARTS) is 1. The Morgan fingerprint density at radius 3 is 2.55 bits per heavy atom. The highest BCUT2D eigenvalue weighted by Crippen LogP contribution is 2.13. The molecule has 0 aromatic carbocycles. The summed E-state index contributed by atoms with van der Waals surface area (Å²) in [7, 11) is 0. The molecule has 2 N–H and O–H groups in total. The van der Waals surface area contributed by atoms with Crippen molar-refractivity contribution in [2.45, 2.75) is 51.9 Å². The maximum Gasteiger partial charge on any atom is 0.309 e. The Kier molecular flexibility index (Phi) is 11.8. The number of carbonyl (C=O) groups excluding carboxylic acids is 1. The Labute approximate surface area is 120 Å². The van der Waals surface area contributed by atoms with Gasteiger partial charge in [0, 0.05) is 13.0 Å². The van der Waals surface area contributed by atoms with E-state index in [1.165, 1.54) is 6.42 Å². The molecule has 0 amide bonds. The van der Waals surface area contributed by atoms with Crippen molar-refractivity contribution in [3.05, 3.63) is 12.2 Å². The molecule has 0 aromatic heterocycles. The first kappa shape index (κ1) is 18.6. The van der Waals surface area contributed by atoms with Gasteiger partial charge in [0.25, 0.3) is 0 Å². The number of aliphatic hydroxyl groups excluding tert-OH is 1. The van der Waals surface area contributed by atoms with Gasteiger partial charge < -0.3 is 14.9 Å². The molecule has 1 atom stereocenters. The van der Waals surface area contributed by atoms with E-state index in [0.717, 1.165) is 19.3 Å². The lowest BCUT2D eigenvalue weighted by atomic mass is 10.0. The average Bonchev–Trinajstić information content (AvgIpc) is 2.41. The average molecular weight is 286 g/mol. The molecule has 0 radical (unpaired) electrons. The first-order valence-electron chi connectivity index (χ1n) is 7.26. The van der Waals surface area contributed by atoms with Crippen LogP contribution in [0.5, 0.6) is 0 Å². The van der Waals surface area contributed by atoms with E-state index in [4.69, 9.17) is 14.9 Å². The van der Waals surface area contributed by atoms with Crippen molar-refractivity contribution in [1.82, 2.24) is 0 Å². The number of esters is 1. The van der Waals surface area contributed by atoms with Crippen molar-refractivity contribution < 1.29 is 24.5 Å². The Balaban J connectivity index is 4.12. The van der Waals surface area contributed by atoms with Crippen LogP contribution in [0.25, 0.3) is 0 Å². The van der Waals surface area contributed by atoms with Crippen molar-refractivity contribution in [3.63, 3.8) is 0 Å². The zero-order valence-electron chi connectivity index (χ0n) is 12.2. The normalized spacial score (nSPS) is 12.5. The summed E-state index contributed by atoms with van der Waals surface area (Å²) >= 11 is 0. The molecular formula is C15H26O5. The minimum Gasteiger partial charge on any atom is -0.481 e. The molecule has 0 heterocycles. The molecule has 0 saturated heterocycles. The molecule has 0 aliphatic rings. The van der Waals surface area contributed by atoms with Crippen LogP contribution in [0.15, 0.2) is 12.2 Å². The molecule has 0 aromatic rings. The summed E-state index contributed by atoms with van der Waals surface area (Å²) in [5, 5.41) is 17.4. The van der Waals surface area contributed by atoms with E-state index in [9.17, 15) is 9.59 Å². The first-order valence-corrected chi connectivity index (χ1v) is 7.26. The van der Waals surface area contributed by atoms with Crippen LogP contribution < -0.4 is 0 Å². The molecule has 5 nitrogen and oxygen atoms in total. The fourth-order valence-corrected chi connectivity index (χ4v) is 1.72. The number of aliphatic hydroxyl groups is 1. The summed E-state index contributed by atoms with van der Waals surface area (Å²) in [6.45, 7) is 2.22. The first-order chi connectivity index (χ1) is 9.61. The lowest BCUT2D eigenvalue weighted by Crippen LogP contribution is -2.21. The quantitative estimate of drug-likeness (QED) is 0.327. The monoisotopic (exact) mass is 286 g/mol. The predicted octanol–water partition coefficient (Wildman–Crippen LogP) is 2.53. The highest BCUT2D eigenvalue weighted by atomic mass is 16.5. The summed E-state index contributed by atoms with van der Waals surface area (Å²) in [6, 6.07) is 0. The molecule has 1 unspecified atom stereocenters. The summed E-state index contributed by atoms with van der Waals surface area (Å²) in [6.07, 6.45) is 8.78. The maximum atomic E-state index is 11.7. The van der Waals surface area contributed by atoms with Gasteiger partial charge in [0.2, 0.25) is 0 Å². The third-order valence-corrected chi connectivity index (χ3v) is 2.86. The van der Waals surface area contributed by atoms with Crippen LogP contribution >= 0.6 is 0 Å². The topological polar surface area (TPSA) is 83.8 Å². The summed E-state index contributed by atoms with van der Waals surface area (Å²) in [4.78, 5) is 22.5. The summed E-state index contributed by atoms with van der Waals surface area (Å²) in [5.41, 5.74) is 0. The van der Waals surface area contributed by atoms with E-state index in [1.54, 1.807) is 0 Å². The van der Waals surface area contributed by atoms with E-state index in [2.05, 4.69) is 6.92 Å². The number of allylic oxidation sites excluding steroid dienone is 2. The van der Waals surface area contributed by atoms with E-state index in [1.807, 2.05) is 12.2 Å². The fraction of sp³-hybridized carbons (Fsp3) is 0.733. The molecular weight excluding hydrogens is 260 g/mol. The number of ether oxygens (including phenoxy) is 1. The van der Waals surface area contributed by atoms with Crippen molar-refractivity contribution in [2.24, 2.45) is 5.92 Å². The minimum absolute atomic E-state index is 0.0474. The third-order valence-electron chi connectivity index (χ3n) is 2.86. The number of aliphatic carboxylic acids is 1. The number of hydrogen-bond donors (Lipinski definition) is 2. The van der Waals surface area contributed by atoms with Crippen LogP contribution in [0, 0.1) is 5.92 Å². The number of carboxylic acids is 1. The Bertz CT molecular complexity index is 299. The number of unbranched alkanes of at least 4 members (excludes halogenated alkanes) is 3. The van der Waals surface area contributed by atoms with Gasteiger partial charge in [-0.3, -0.25) is 9.59 Å². The van der Waals surface area contributed by atoms with Gasteiger partial charge >= 0.3 is 11.9 Å². The van der Waals surface area contributed by atoms with Crippen molar-refractivity contribution in [1.29, 1.82) is 0 Å². The molecule has 0 aliphatic heterocycles. The van der Waals surface area contributed by atoms with E-state index >= 15 is 0 Å². The molecule has 116 valence electrons. The Morgan fingerprint density at radius 2 is 1.95 bits per heavy atom. The second-order valence-corrected chi connectivity index (χ2v) is 4.74. The maximum absolute atomic E-state index is 11.7. The smallest absolute Gasteiger partial charge is 0.309 e. The van der Waals surface area contributed by atoms with E-state index in [-0.39, 0.29) is 19.6 Å². The lowest BCUT2D eigenvalue weighted by molar-refractivity contribution is -0.153. The fourth-order valence-electron chi connectivity index (χ4n) is 1.72. The molecule has 20 heavy (non-hydrogen) atoms. The summed E-state index contributed by atoms with van der Waals surface area (Å²) in [5.74, 6) is -2.15. The standard InChI is InChI=1S/C15H26O5/c1-2-3-4-5-6-7-9-13(12-14(17)18)15(19)20-11-8-10-16/h6-7,13,16H,2-5,8-12H2,1H3,(H,17,18)/b7-6-. The van der Waals surface area contributed by atoms with Crippen LogP contribution in [-0.2, 0) is 14.3 Å².